The Bertz CT molecular complexity index is 1010. The van der Waals surface area contributed by atoms with E-state index < -0.39 is 15.1 Å². The van der Waals surface area contributed by atoms with Crippen molar-refractivity contribution in [2.45, 2.75) is 69.8 Å². The van der Waals surface area contributed by atoms with E-state index in [-0.39, 0.29) is 23.9 Å². The molecule has 0 heterocycles. The van der Waals surface area contributed by atoms with Gasteiger partial charge in [-0.05, 0) is 43.4 Å². The molecule has 4 nitrogen and oxygen atoms in total. The molecule has 31 heavy (non-hydrogen) atoms. The quantitative estimate of drug-likeness (QED) is 0.507. The van der Waals surface area contributed by atoms with Crippen LogP contribution in [0.2, 0.25) is 0 Å². The van der Waals surface area contributed by atoms with Crippen LogP contribution in [0.5, 0.6) is 0 Å². The second-order valence-corrected chi connectivity index (χ2v) is 11.5. The van der Waals surface area contributed by atoms with Gasteiger partial charge in [0.2, 0.25) is 0 Å². The van der Waals surface area contributed by atoms with E-state index in [0.29, 0.717) is 23.3 Å². The molecule has 2 aromatic carbocycles. The Labute approximate surface area is 186 Å². The molecule has 1 fully saturated rings. The van der Waals surface area contributed by atoms with Gasteiger partial charge >= 0.3 is 0 Å². The molecule has 0 saturated heterocycles. The number of hydrogen-bond acceptors (Lipinski definition) is 4. The molecule has 3 rings (SSSR count). The smallest absolute Gasteiger partial charge is 0.167 e. The molecule has 1 saturated carbocycles. The summed E-state index contributed by atoms with van der Waals surface area (Å²) in [5.41, 5.74) is 3.11. The zero-order chi connectivity index (χ0) is 22.4. The van der Waals surface area contributed by atoms with Crippen LogP contribution in [0.3, 0.4) is 0 Å². The van der Waals surface area contributed by atoms with Crippen molar-refractivity contribution in [1.82, 2.24) is 0 Å². The fourth-order valence-corrected chi connectivity index (χ4v) is 5.08. The highest BCUT2D eigenvalue weighted by Crippen LogP contribution is 2.25. The molecule has 0 N–H and O–H groups in total. The van der Waals surface area contributed by atoms with Gasteiger partial charge in [0, 0.05) is 24.3 Å². The summed E-state index contributed by atoms with van der Waals surface area (Å²) < 4.78 is 24.2. The third-order valence-corrected chi connectivity index (χ3v) is 8.33. The van der Waals surface area contributed by atoms with Gasteiger partial charge in [0.25, 0.3) is 0 Å². The van der Waals surface area contributed by atoms with Crippen LogP contribution in [0, 0.1) is 5.92 Å². The predicted molar refractivity (Wildman–Crippen MR) is 124 cm³/mol. The first kappa shape index (κ1) is 23.4. The third-order valence-electron chi connectivity index (χ3n) is 6.16. The van der Waals surface area contributed by atoms with Gasteiger partial charge in [-0.3, -0.25) is 9.59 Å². The van der Waals surface area contributed by atoms with Crippen molar-refractivity contribution in [2.24, 2.45) is 5.92 Å². The zero-order valence-electron chi connectivity index (χ0n) is 18.5. The fraction of sp³-hybridized carbons (Fsp3) is 0.462. The molecule has 0 unspecified atom stereocenters. The van der Waals surface area contributed by atoms with Crippen molar-refractivity contribution >= 4 is 21.4 Å². The maximum absolute atomic E-state index is 12.7. The van der Waals surface area contributed by atoms with Gasteiger partial charge in [0.05, 0.1) is 11.0 Å². The highest BCUT2D eigenvalue weighted by atomic mass is 32.2. The van der Waals surface area contributed by atoms with E-state index in [1.54, 1.807) is 38.1 Å². The second kappa shape index (κ2) is 10.4. The van der Waals surface area contributed by atoms with E-state index in [1.165, 1.54) is 6.42 Å². The van der Waals surface area contributed by atoms with Crippen molar-refractivity contribution in [3.63, 3.8) is 0 Å². The zero-order valence-corrected chi connectivity index (χ0v) is 19.3. The summed E-state index contributed by atoms with van der Waals surface area (Å²) in [6, 6.07) is 14.6. The van der Waals surface area contributed by atoms with Crippen LogP contribution in [0.1, 0.15) is 73.0 Å². The minimum atomic E-state index is -3.17. The van der Waals surface area contributed by atoms with Crippen LogP contribution in [0.15, 0.2) is 48.5 Å². The molecule has 5 heteroatoms. The first-order valence-electron chi connectivity index (χ1n) is 11.2. The van der Waals surface area contributed by atoms with Crippen molar-refractivity contribution < 1.29 is 18.0 Å². The topological polar surface area (TPSA) is 68.3 Å². The van der Waals surface area contributed by atoms with Gasteiger partial charge in [-0.25, -0.2) is 8.42 Å². The van der Waals surface area contributed by atoms with E-state index >= 15 is 0 Å². The third kappa shape index (κ3) is 6.60. The second-order valence-electron chi connectivity index (χ2n) is 8.95. The summed E-state index contributed by atoms with van der Waals surface area (Å²) in [6.07, 6.45) is 6.23. The Morgan fingerprint density at radius 3 is 2.10 bits per heavy atom. The van der Waals surface area contributed by atoms with Crippen LogP contribution in [-0.4, -0.2) is 25.2 Å². The minimum Gasteiger partial charge on any atom is -0.299 e. The molecule has 0 bridgehead atoms. The molecule has 0 radical (unpaired) electrons. The van der Waals surface area contributed by atoms with E-state index in [4.69, 9.17) is 0 Å². The van der Waals surface area contributed by atoms with Gasteiger partial charge < -0.3 is 0 Å². The summed E-state index contributed by atoms with van der Waals surface area (Å²) in [5.74, 6) is 0.470. The Morgan fingerprint density at radius 2 is 1.48 bits per heavy atom. The van der Waals surface area contributed by atoms with Crippen LogP contribution in [0.25, 0.3) is 0 Å². The van der Waals surface area contributed by atoms with E-state index in [0.717, 1.165) is 36.8 Å². The highest BCUT2D eigenvalue weighted by molar-refractivity contribution is 7.91. The first-order valence-corrected chi connectivity index (χ1v) is 12.9. The first-order chi connectivity index (χ1) is 14.7. The molecule has 1 aliphatic carbocycles. The minimum absolute atomic E-state index is 0.0177. The van der Waals surface area contributed by atoms with Crippen molar-refractivity contribution in [3.05, 3.63) is 70.8 Å². The summed E-state index contributed by atoms with van der Waals surface area (Å²) >= 11 is 0. The average Bonchev–Trinajstić information content (AvgIpc) is 2.74. The number of carbonyl (C=O) groups is 2. The number of hydrogen-bond donors (Lipinski definition) is 0. The maximum Gasteiger partial charge on any atom is 0.167 e. The van der Waals surface area contributed by atoms with Crippen LogP contribution < -0.4 is 0 Å². The Morgan fingerprint density at radius 1 is 0.871 bits per heavy atom. The lowest BCUT2D eigenvalue weighted by molar-refractivity contribution is -0.123. The van der Waals surface area contributed by atoms with Crippen LogP contribution in [0.4, 0.5) is 0 Å². The Kier molecular flexibility index (Phi) is 7.82. The summed E-state index contributed by atoms with van der Waals surface area (Å²) in [4.78, 5) is 25.3. The SMILES string of the molecule is CC(C)S(=O)(=O)Cc1ccc(C(=O)Cc2cccc(CC(=O)C3CCCCC3)c2)cc1. The number of rotatable bonds is 9. The van der Waals surface area contributed by atoms with Gasteiger partial charge in [-0.2, -0.15) is 0 Å². The Balaban J connectivity index is 1.61. The standard InChI is InChI=1S/C26H32O4S/c1-19(2)31(29,30)18-20-11-13-24(14-12-20)26(28)17-22-8-6-7-21(15-22)16-25(27)23-9-4-3-5-10-23/h6-8,11-15,19,23H,3-5,9-10,16-18H2,1-2H3. The number of sulfone groups is 1. The number of ketones is 2. The summed E-state index contributed by atoms with van der Waals surface area (Å²) in [6.45, 7) is 3.34. The Hall–Kier alpha value is -2.27. The van der Waals surface area contributed by atoms with Gasteiger partial charge in [0.15, 0.2) is 15.6 Å². The van der Waals surface area contributed by atoms with Crippen LogP contribution >= 0.6 is 0 Å². The van der Waals surface area contributed by atoms with E-state index in [9.17, 15) is 18.0 Å². The van der Waals surface area contributed by atoms with Crippen LogP contribution in [-0.2, 0) is 33.2 Å². The average molecular weight is 441 g/mol. The molecular weight excluding hydrogens is 408 g/mol. The van der Waals surface area contributed by atoms with Crippen molar-refractivity contribution in [1.29, 1.82) is 0 Å². The lowest BCUT2D eigenvalue weighted by Gasteiger charge is -2.20. The summed E-state index contributed by atoms with van der Waals surface area (Å²) in [7, 11) is -3.17. The number of benzene rings is 2. The maximum atomic E-state index is 12.7. The van der Waals surface area contributed by atoms with Crippen molar-refractivity contribution in [2.75, 3.05) is 0 Å². The lowest BCUT2D eigenvalue weighted by atomic mass is 9.84. The molecule has 0 atom stereocenters. The molecule has 166 valence electrons. The molecule has 0 aromatic heterocycles. The monoisotopic (exact) mass is 440 g/mol. The predicted octanol–water partition coefficient (Wildman–Crippen LogP) is 5.13. The fourth-order valence-electron chi connectivity index (χ4n) is 4.09. The largest absolute Gasteiger partial charge is 0.299 e. The number of Topliss-reactive ketones (excluding diaryl/α,β-unsaturated/α-hetero) is 2. The molecule has 2 aromatic rings. The molecule has 1 aliphatic rings. The van der Waals surface area contributed by atoms with Gasteiger partial charge in [-0.1, -0.05) is 67.8 Å². The molecule has 0 amide bonds. The van der Waals surface area contributed by atoms with Crippen molar-refractivity contribution in [3.8, 4) is 0 Å². The summed E-state index contributed by atoms with van der Waals surface area (Å²) in [5, 5.41) is -0.425. The lowest BCUT2D eigenvalue weighted by Crippen LogP contribution is -2.19. The van der Waals surface area contributed by atoms with E-state index in [1.807, 2.05) is 24.3 Å². The molecule has 0 spiro atoms. The normalized spacial score (nSPS) is 15.2. The van der Waals surface area contributed by atoms with Gasteiger partial charge in [0.1, 0.15) is 5.78 Å². The van der Waals surface area contributed by atoms with E-state index in [2.05, 4.69) is 0 Å². The van der Waals surface area contributed by atoms with Gasteiger partial charge in [-0.15, -0.1) is 0 Å². The number of carbonyl (C=O) groups excluding carboxylic acids is 2. The molecular formula is C26H32O4S. The highest BCUT2D eigenvalue weighted by Gasteiger charge is 2.21. The molecule has 0 aliphatic heterocycles.